The lowest BCUT2D eigenvalue weighted by molar-refractivity contribution is -0.488. The number of carbonyl (C=O) groups excluding carboxylic acids is 2. The van der Waals surface area contributed by atoms with Gasteiger partial charge >= 0.3 is 5.97 Å². The lowest BCUT2D eigenvalue weighted by Crippen LogP contribution is -2.41. The first-order chi connectivity index (χ1) is 9.71. The Bertz CT molecular complexity index is 350. The first-order valence-electron chi connectivity index (χ1n) is 7.12. The number of aldehydes is 1. The number of esters is 1. The molecule has 0 spiro atoms. The lowest BCUT2D eigenvalue weighted by Gasteiger charge is -2.24. The Kier molecular flexibility index (Phi) is 8.76. The molecule has 0 bridgehead atoms. The summed E-state index contributed by atoms with van der Waals surface area (Å²) in [5, 5.41) is 10.7. The number of hydrogen-bond donors (Lipinski definition) is 0. The van der Waals surface area contributed by atoms with E-state index >= 15 is 0 Å². The first-order valence-corrected chi connectivity index (χ1v) is 7.12. The fourth-order valence-electron chi connectivity index (χ4n) is 1.67. The van der Waals surface area contributed by atoms with Crippen molar-refractivity contribution in [2.75, 3.05) is 13.2 Å². The molecule has 7 heteroatoms. The highest BCUT2D eigenvalue weighted by molar-refractivity contribution is 5.78. The third kappa shape index (κ3) is 9.12. The maximum atomic E-state index is 12.0. The zero-order valence-electron chi connectivity index (χ0n) is 13.2. The van der Waals surface area contributed by atoms with E-state index in [2.05, 4.69) is 0 Å². The summed E-state index contributed by atoms with van der Waals surface area (Å²) in [6.07, 6.45) is 1.93. The predicted octanol–water partition coefficient (Wildman–Crippen LogP) is 2.00. The summed E-state index contributed by atoms with van der Waals surface area (Å²) in [5.74, 6) is -2.01. The van der Waals surface area contributed by atoms with Crippen LogP contribution in [-0.4, -0.2) is 42.0 Å². The van der Waals surface area contributed by atoms with Gasteiger partial charge in [-0.1, -0.05) is 19.8 Å². The van der Waals surface area contributed by atoms with Crippen LogP contribution in [0.1, 0.15) is 47.0 Å². The summed E-state index contributed by atoms with van der Waals surface area (Å²) < 4.78 is 10.4. The smallest absolute Gasteiger partial charge is 0.319 e. The molecule has 0 radical (unpaired) electrons. The number of unbranched alkanes of at least 4 members (excludes halogenated alkanes) is 2. The highest BCUT2D eigenvalue weighted by Gasteiger charge is 2.36. The highest BCUT2D eigenvalue weighted by Crippen LogP contribution is 2.16. The van der Waals surface area contributed by atoms with Crippen molar-refractivity contribution in [1.29, 1.82) is 0 Å². The van der Waals surface area contributed by atoms with E-state index in [1.54, 1.807) is 20.8 Å². The minimum atomic E-state index is -1.22. The molecule has 122 valence electrons. The van der Waals surface area contributed by atoms with E-state index in [9.17, 15) is 19.7 Å². The van der Waals surface area contributed by atoms with Crippen LogP contribution in [0.2, 0.25) is 0 Å². The van der Waals surface area contributed by atoms with E-state index in [0.717, 1.165) is 19.3 Å². The van der Waals surface area contributed by atoms with Crippen molar-refractivity contribution >= 4 is 12.3 Å². The molecule has 0 heterocycles. The van der Waals surface area contributed by atoms with Crippen molar-refractivity contribution in [3.63, 3.8) is 0 Å². The van der Waals surface area contributed by atoms with Gasteiger partial charge in [0.25, 0.3) is 0 Å². The average Bonchev–Trinajstić information content (AvgIpc) is 2.34. The molecule has 0 aromatic carbocycles. The van der Waals surface area contributed by atoms with Gasteiger partial charge in [0.05, 0.1) is 0 Å². The van der Waals surface area contributed by atoms with Crippen molar-refractivity contribution in [1.82, 2.24) is 0 Å². The van der Waals surface area contributed by atoms with E-state index < -0.39 is 35.1 Å². The second-order valence-corrected chi connectivity index (χ2v) is 5.83. The largest absolute Gasteiger partial charge is 0.459 e. The van der Waals surface area contributed by atoms with Crippen LogP contribution >= 0.6 is 0 Å². The molecular formula is C14H25NO6. The summed E-state index contributed by atoms with van der Waals surface area (Å²) in [6, 6.07) is 0. The second kappa shape index (κ2) is 9.44. The molecule has 0 amide bonds. The summed E-state index contributed by atoms with van der Waals surface area (Å²) in [4.78, 5) is 33.2. The maximum absolute atomic E-state index is 12.0. The van der Waals surface area contributed by atoms with Crippen molar-refractivity contribution in [3.8, 4) is 0 Å². The maximum Gasteiger partial charge on any atom is 0.319 e. The number of ether oxygens (including phenoxy) is 2. The Labute approximate surface area is 125 Å². The summed E-state index contributed by atoms with van der Waals surface area (Å²) in [6.45, 7) is 6.60. The van der Waals surface area contributed by atoms with E-state index in [0.29, 0.717) is 6.29 Å². The lowest BCUT2D eigenvalue weighted by atomic mass is 10.0. The van der Waals surface area contributed by atoms with Gasteiger partial charge in [0.1, 0.15) is 18.0 Å². The third-order valence-corrected chi connectivity index (χ3v) is 2.64. The van der Waals surface area contributed by atoms with E-state index in [1.165, 1.54) is 0 Å². The van der Waals surface area contributed by atoms with Gasteiger partial charge in [-0.3, -0.25) is 14.9 Å². The first kappa shape index (κ1) is 19.5. The Hall–Kier alpha value is -1.50. The van der Waals surface area contributed by atoms with Gasteiger partial charge in [-0.25, -0.2) is 0 Å². The Morgan fingerprint density at radius 3 is 2.38 bits per heavy atom. The Morgan fingerprint density at radius 1 is 1.33 bits per heavy atom. The van der Waals surface area contributed by atoms with Crippen molar-refractivity contribution in [2.45, 2.75) is 58.7 Å². The second-order valence-electron chi connectivity index (χ2n) is 5.83. The summed E-state index contributed by atoms with van der Waals surface area (Å²) >= 11 is 0. The Morgan fingerprint density at radius 2 is 1.95 bits per heavy atom. The molecule has 0 saturated carbocycles. The van der Waals surface area contributed by atoms with Crippen molar-refractivity contribution in [2.24, 2.45) is 5.92 Å². The van der Waals surface area contributed by atoms with Gasteiger partial charge in [-0.15, -0.1) is 0 Å². The Balaban J connectivity index is 4.78. The van der Waals surface area contributed by atoms with E-state index in [4.69, 9.17) is 9.47 Å². The number of rotatable bonds is 10. The molecule has 2 atom stereocenters. The number of hydrogen-bond acceptors (Lipinski definition) is 6. The highest BCUT2D eigenvalue weighted by atomic mass is 16.6. The van der Waals surface area contributed by atoms with Gasteiger partial charge in [-0.05, 0) is 27.2 Å². The average molecular weight is 303 g/mol. The minimum absolute atomic E-state index is 0.286. The SMILES string of the molecule is CCCCCO[C@H](C=O)[C@@H](C[N+](=O)[O-])C(=O)OC(C)(C)C. The summed E-state index contributed by atoms with van der Waals surface area (Å²) in [7, 11) is 0. The van der Waals surface area contributed by atoms with Crippen LogP contribution in [0.5, 0.6) is 0 Å². The number of nitro groups is 1. The van der Waals surface area contributed by atoms with Gasteiger partial charge < -0.3 is 14.3 Å². The normalized spacial score (nSPS) is 14.3. The molecule has 0 aliphatic rings. The quantitative estimate of drug-likeness (QED) is 0.201. The molecule has 0 unspecified atom stereocenters. The molecule has 0 aromatic heterocycles. The van der Waals surface area contributed by atoms with Crippen LogP contribution in [0.25, 0.3) is 0 Å². The van der Waals surface area contributed by atoms with Crippen LogP contribution in [0.15, 0.2) is 0 Å². The molecule has 0 aromatic rings. The zero-order chi connectivity index (χ0) is 16.5. The molecule has 21 heavy (non-hydrogen) atoms. The van der Waals surface area contributed by atoms with E-state index in [-0.39, 0.29) is 6.61 Å². The molecule has 0 aliphatic heterocycles. The molecular weight excluding hydrogens is 278 g/mol. The molecule has 7 nitrogen and oxygen atoms in total. The summed E-state index contributed by atoms with van der Waals surface area (Å²) in [5.41, 5.74) is -0.776. The molecule has 0 fully saturated rings. The van der Waals surface area contributed by atoms with Gasteiger partial charge in [0.15, 0.2) is 5.92 Å². The van der Waals surface area contributed by atoms with Gasteiger partial charge in [-0.2, -0.15) is 0 Å². The van der Waals surface area contributed by atoms with Crippen molar-refractivity contribution in [3.05, 3.63) is 10.1 Å². The molecule has 0 N–H and O–H groups in total. The number of nitrogens with zero attached hydrogens (tertiary/aromatic N) is 1. The molecule has 0 saturated heterocycles. The fraction of sp³-hybridized carbons (Fsp3) is 0.857. The third-order valence-electron chi connectivity index (χ3n) is 2.64. The molecule has 0 aliphatic carbocycles. The van der Waals surface area contributed by atoms with E-state index in [1.807, 2.05) is 6.92 Å². The van der Waals surface area contributed by atoms with Gasteiger partial charge in [0.2, 0.25) is 6.54 Å². The topological polar surface area (TPSA) is 95.7 Å². The van der Waals surface area contributed by atoms with Gasteiger partial charge in [0, 0.05) is 11.5 Å². The monoisotopic (exact) mass is 303 g/mol. The fourth-order valence-corrected chi connectivity index (χ4v) is 1.67. The standard InChI is InChI=1S/C14H25NO6/c1-5-6-7-8-20-12(10-16)11(9-15(18)19)13(17)21-14(2,3)4/h10-12H,5-9H2,1-4H3/t11-,12-/m1/s1. The predicted molar refractivity (Wildman–Crippen MR) is 76.5 cm³/mol. The van der Waals surface area contributed by atoms with Crippen LogP contribution < -0.4 is 0 Å². The zero-order valence-corrected chi connectivity index (χ0v) is 13.2. The minimum Gasteiger partial charge on any atom is -0.459 e. The van der Waals surface area contributed by atoms with Crippen LogP contribution in [0, 0.1) is 16.0 Å². The number of carbonyl (C=O) groups is 2. The van der Waals surface area contributed by atoms with Crippen LogP contribution in [0.3, 0.4) is 0 Å². The van der Waals surface area contributed by atoms with Crippen LogP contribution in [-0.2, 0) is 19.1 Å². The molecule has 0 rings (SSSR count). The van der Waals surface area contributed by atoms with Crippen LogP contribution in [0.4, 0.5) is 0 Å². The van der Waals surface area contributed by atoms with Crippen molar-refractivity contribution < 1.29 is 24.0 Å².